The predicted molar refractivity (Wildman–Crippen MR) is 437 cm³/mol. The van der Waals surface area contributed by atoms with Crippen LogP contribution in [0.4, 0.5) is 23.2 Å². The summed E-state index contributed by atoms with van der Waals surface area (Å²) in [5.74, 6) is -2.06. The molecule has 0 atom stereocenters. The molecule has 0 fully saturated rings. The van der Waals surface area contributed by atoms with Crippen molar-refractivity contribution in [1.82, 2.24) is 9.88 Å². The van der Waals surface area contributed by atoms with E-state index in [2.05, 4.69) is 170 Å². The molecule has 0 aliphatic carbocycles. The first kappa shape index (κ1) is 111. The van der Waals surface area contributed by atoms with Gasteiger partial charge in [-0.1, -0.05) is 151 Å². The van der Waals surface area contributed by atoms with Crippen molar-refractivity contribution in [2.45, 2.75) is 193 Å². The maximum atomic E-state index is 13.3. The van der Waals surface area contributed by atoms with E-state index in [1.165, 1.54) is 34.5 Å². The fraction of sp³-hybridized carbons (Fsp3) is 0.542. The van der Waals surface area contributed by atoms with Crippen molar-refractivity contribution in [1.29, 1.82) is 0 Å². The summed E-state index contributed by atoms with van der Waals surface area (Å²) in [7, 11) is 11.6. The molecule has 5 aromatic carbocycles. The summed E-state index contributed by atoms with van der Waals surface area (Å²) in [4.78, 5) is 39.6. The molecular formula is C83H133F4IN7O14S2-. The second kappa shape index (κ2) is 51.3. The number of carbonyl (C=O) groups excluding carboxylic acids is 1. The first-order valence-electron chi connectivity index (χ1n) is 35.5. The normalized spacial score (nSPS) is 11.7. The molecule has 0 radical (unpaired) electrons. The predicted octanol–water partition coefficient (Wildman–Crippen LogP) is 11.6. The van der Waals surface area contributed by atoms with Crippen molar-refractivity contribution in [3.05, 3.63) is 201 Å². The molecule has 1 heterocycles. The van der Waals surface area contributed by atoms with Crippen molar-refractivity contribution < 1.29 is 112 Å². The van der Waals surface area contributed by atoms with Crippen LogP contribution in [0.15, 0.2) is 150 Å². The van der Waals surface area contributed by atoms with Crippen molar-refractivity contribution in [2.24, 2.45) is 9.98 Å². The summed E-state index contributed by atoms with van der Waals surface area (Å²) in [6.07, 6.45) is 4.48. The summed E-state index contributed by atoms with van der Waals surface area (Å²) in [6.45, 7) is 30.2. The Labute approximate surface area is 674 Å². The number of carbonyl (C=O) groups is 2. The van der Waals surface area contributed by atoms with Crippen LogP contribution in [0.25, 0.3) is 0 Å². The number of rotatable bonds is 20. The number of nitrogens with zero attached hydrogens (tertiary/aromatic N) is 7. The number of aliphatic imine (C=N–C) groups is 2. The van der Waals surface area contributed by atoms with Gasteiger partial charge in [0.2, 0.25) is 0 Å². The SMILES string of the molecule is C.CC(C)(C)c1cc(C(=O)O)cc(C(C)(C)C)c1CCO.CC(C)(C)c1cc(C(=O)OCC(F)(F)S(=O)(=O)[O-])cc(C(C)(C)C)c1CCO.CC(C)N=C=NC(C)C.CN(C)C.CN(C)c1ccncc1.C[N+](C)(C)Cc1ccccc1.C[N+](C)(C)Cc1ccccc1.O=S(=O)([O-])C(F)(F)CO.O[I-]Cc1ccccc1. The van der Waals surface area contributed by atoms with E-state index in [1.54, 1.807) is 24.5 Å². The van der Waals surface area contributed by atoms with Gasteiger partial charge >= 0.3 is 87.8 Å². The van der Waals surface area contributed by atoms with E-state index >= 15 is 0 Å². The summed E-state index contributed by atoms with van der Waals surface area (Å²) in [5, 5.41) is 26.5. The van der Waals surface area contributed by atoms with E-state index < -0.39 is 88.3 Å². The molecule has 6 rings (SSSR count). The van der Waals surface area contributed by atoms with Gasteiger partial charge in [0.15, 0.2) is 26.8 Å². The van der Waals surface area contributed by atoms with Gasteiger partial charge in [0.1, 0.15) is 19.7 Å². The molecule has 111 heavy (non-hydrogen) atoms. The molecule has 0 spiro atoms. The molecule has 0 aliphatic rings. The van der Waals surface area contributed by atoms with Crippen LogP contribution in [-0.2, 0) is 77.0 Å². The molecule has 0 saturated heterocycles. The van der Waals surface area contributed by atoms with Gasteiger partial charge in [0.05, 0.1) is 71.5 Å². The van der Waals surface area contributed by atoms with E-state index in [-0.39, 0.29) is 37.0 Å². The number of carboxylic acid groups (broad SMARTS) is 1. The molecule has 632 valence electrons. The van der Waals surface area contributed by atoms with Crippen LogP contribution >= 0.6 is 0 Å². The number of benzene rings is 5. The molecule has 6 aromatic rings. The van der Waals surface area contributed by atoms with Gasteiger partial charge in [-0.2, -0.15) is 17.6 Å². The molecule has 0 unspecified atom stereocenters. The zero-order valence-corrected chi connectivity index (χ0v) is 73.8. The Balaban J connectivity index is -0.000000609. The standard InChI is InChI=1S/C19H28F2O6S.C17H26O3.2C10H16N.C7H8IO.C7H10N2.C7H14N2.C3H9N.C2H4F2O4S.CH4/c1-17(2,3)14-9-12(10-15(18(4,5)6)13(14)7-8-22)16(23)27-11-19(20,21)28(24,25)26;1-16(2,3)13-9-11(15(19)20)10-14(17(4,5)6)12(13)7-8-18;2*1-11(2,3)9-10-7-5-4-6-8-10;9-8-6-7-4-2-1-3-5-7;1-9(2)7-3-5-8-6-4-7;1-6(2)8-5-9-7(3)4;1-4(2)3;3-2(4,1-5)9(6,7)8;/h9-10,22H,7-8,11H2,1-6H3,(H,24,25,26);9-10,18H,7-8H2,1-6H3,(H,19,20);2*4-8H,9H2,1-3H3;1-5,9H,6H2;3-6H,1-2H3;6-7H,1-4H3;1-3H3;5H,1H2,(H,6,7,8);1H4/q;;2*+1;-1;;;;;/p-2. The van der Waals surface area contributed by atoms with Crippen LogP contribution in [0.3, 0.4) is 0 Å². The number of aliphatic hydroxyl groups is 3. The summed E-state index contributed by atoms with van der Waals surface area (Å²) in [6, 6.07) is 44.9. The number of quaternary nitrogens is 2. The molecule has 0 amide bonds. The Kier molecular flexibility index (Phi) is 51.1. The van der Waals surface area contributed by atoms with Crippen LogP contribution in [0.2, 0.25) is 0 Å². The van der Waals surface area contributed by atoms with Crippen molar-refractivity contribution in [3.8, 4) is 0 Å². The number of alkyl halides is 5. The zero-order chi connectivity index (χ0) is 86.3. The first-order valence-corrected chi connectivity index (χ1v) is 40.8. The van der Waals surface area contributed by atoms with Crippen LogP contribution in [-0.4, -0.2) is 213 Å². The number of aliphatic hydroxyl groups excluding tert-OH is 3. The van der Waals surface area contributed by atoms with Gasteiger partial charge in [-0.25, -0.2) is 36.4 Å². The van der Waals surface area contributed by atoms with Gasteiger partial charge < -0.3 is 53.0 Å². The number of anilines is 1. The molecule has 5 N–H and O–H groups in total. The summed E-state index contributed by atoms with van der Waals surface area (Å²) >= 11 is -0.571. The van der Waals surface area contributed by atoms with E-state index in [0.717, 1.165) is 59.9 Å². The Morgan fingerprint density at radius 1 is 0.541 bits per heavy atom. The second-order valence-electron chi connectivity index (χ2n) is 32.9. The first-order chi connectivity index (χ1) is 50.0. The Hall–Kier alpha value is -6.64. The Morgan fingerprint density at radius 2 is 0.838 bits per heavy atom. The number of halogens is 5. The summed E-state index contributed by atoms with van der Waals surface area (Å²) in [5.41, 5.74) is 9.79. The van der Waals surface area contributed by atoms with E-state index in [0.29, 0.717) is 30.5 Å². The number of pyridine rings is 1. The number of hydrogen-bond acceptors (Lipinski definition) is 18. The van der Waals surface area contributed by atoms with Crippen LogP contribution in [0, 0.1) is 0 Å². The third-order valence-corrected chi connectivity index (χ3v) is 17.0. The molecule has 0 aliphatic heterocycles. The average Bonchev–Trinajstić information content (AvgIpc) is 0.777. The van der Waals surface area contributed by atoms with Crippen molar-refractivity contribution >= 4 is 43.9 Å². The molecule has 21 nitrogen and oxygen atoms in total. The Bertz CT molecular complexity index is 3760. The molecule has 28 heteroatoms. The third kappa shape index (κ3) is 50.3. The van der Waals surface area contributed by atoms with Crippen LogP contribution in [0.5, 0.6) is 0 Å². The Morgan fingerprint density at radius 3 is 1.05 bits per heavy atom. The van der Waals surface area contributed by atoms with Gasteiger partial charge in [0.25, 0.3) is 0 Å². The van der Waals surface area contributed by atoms with Gasteiger partial charge in [-0.3, -0.25) is 4.98 Å². The second-order valence-corrected chi connectivity index (χ2v) is 37.3. The molecule has 0 bridgehead atoms. The molecular weight excluding hydrogens is 1590 g/mol. The van der Waals surface area contributed by atoms with E-state index in [9.17, 15) is 68.4 Å². The van der Waals surface area contributed by atoms with Crippen LogP contribution in [0.1, 0.15) is 189 Å². The number of aromatic carboxylic acids is 1. The topological polar surface area (TPSA) is 303 Å². The van der Waals surface area contributed by atoms with Gasteiger partial charge in [-0.05, 0) is 153 Å². The average molecular weight is 1720 g/mol. The third-order valence-electron chi connectivity index (χ3n) is 14.1. The number of carboxylic acids is 1. The number of aromatic nitrogens is 1. The van der Waals surface area contributed by atoms with Gasteiger partial charge in [0, 0.05) is 56.5 Å². The fourth-order valence-electron chi connectivity index (χ4n) is 9.21. The fourth-order valence-corrected chi connectivity index (χ4v) is 10.5. The van der Waals surface area contributed by atoms with Crippen LogP contribution < -0.4 is 26.5 Å². The monoisotopic (exact) mass is 1720 g/mol. The minimum absolute atomic E-state index is 0. The number of esters is 1. The van der Waals surface area contributed by atoms with E-state index in [4.69, 9.17) is 8.54 Å². The molecule has 0 saturated carbocycles. The zero-order valence-electron chi connectivity index (χ0n) is 70.0. The van der Waals surface area contributed by atoms with E-state index in [1.807, 2.05) is 157 Å². The van der Waals surface area contributed by atoms with Crippen molar-refractivity contribution in [2.75, 3.05) is 109 Å². The number of hydrogen-bond donors (Lipinski definition) is 5. The number of ether oxygens (including phenoxy) is 1. The maximum absolute atomic E-state index is 13.3. The summed E-state index contributed by atoms with van der Waals surface area (Å²) < 4.78 is 126. The molecule has 1 aromatic heterocycles. The van der Waals surface area contributed by atoms with Crippen molar-refractivity contribution in [3.63, 3.8) is 0 Å². The van der Waals surface area contributed by atoms with Gasteiger partial charge in [-0.15, -0.1) is 0 Å². The minimum atomic E-state index is -5.95. The quantitative estimate of drug-likeness (QED) is 0.00902.